The minimum Gasteiger partial charge on any atom is -0.461 e. The molecule has 2 aromatic rings. The van der Waals surface area contributed by atoms with Crippen LogP contribution in [-0.4, -0.2) is 48.3 Å². The van der Waals surface area contributed by atoms with Gasteiger partial charge in [0, 0.05) is 12.0 Å². The first-order valence-electron chi connectivity index (χ1n) is 10.8. The van der Waals surface area contributed by atoms with Crippen LogP contribution in [0.15, 0.2) is 53.7 Å². The molecule has 0 bridgehead atoms. The van der Waals surface area contributed by atoms with Crippen molar-refractivity contribution in [2.45, 2.75) is 51.2 Å². The van der Waals surface area contributed by atoms with E-state index >= 15 is 0 Å². The van der Waals surface area contributed by atoms with Gasteiger partial charge in [0.15, 0.2) is 0 Å². The molecule has 1 saturated carbocycles. The van der Waals surface area contributed by atoms with Crippen LogP contribution in [0.3, 0.4) is 0 Å². The number of hydrogen-bond donors (Lipinski definition) is 0. The minimum atomic E-state index is -0.668. The van der Waals surface area contributed by atoms with E-state index in [1.165, 1.54) is 12.7 Å². The van der Waals surface area contributed by atoms with Gasteiger partial charge in [0.05, 0.1) is 12.3 Å². The maximum atomic E-state index is 13.3. The summed E-state index contributed by atoms with van der Waals surface area (Å²) in [5.74, 6) is -0.552. The topological polar surface area (TPSA) is 68.2 Å². The monoisotopic (exact) mass is 420 g/mol. The van der Waals surface area contributed by atoms with Gasteiger partial charge in [-0.2, -0.15) is 0 Å². The normalized spacial score (nSPS) is 20.3. The molecule has 1 aliphatic carbocycles. The third-order valence-corrected chi connectivity index (χ3v) is 6.08. The van der Waals surface area contributed by atoms with Crippen LogP contribution in [0.5, 0.6) is 0 Å². The van der Waals surface area contributed by atoms with E-state index in [9.17, 15) is 9.59 Å². The van der Waals surface area contributed by atoms with Crippen LogP contribution in [0.1, 0.15) is 48.0 Å². The van der Waals surface area contributed by atoms with E-state index < -0.39 is 6.04 Å². The standard InChI is InChI=1S/C25H28N2O4/c1-17-7-3-6-10-22(17)18-11-13-19(14-12-18)24(28)27-16-20(26-30-2)15-23(27)25(29)31-21-8-4-5-9-21/h3,6-7,10-14,21,23H,4-5,8-9,15-16H2,1-2H3/t23-/m0/s1. The molecule has 1 atom stereocenters. The number of likely N-dealkylation sites (tertiary alicyclic amines) is 1. The summed E-state index contributed by atoms with van der Waals surface area (Å²) in [5.41, 5.74) is 4.57. The van der Waals surface area contributed by atoms with Crippen LogP contribution in [0.2, 0.25) is 0 Å². The highest BCUT2D eigenvalue weighted by molar-refractivity contribution is 6.04. The second kappa shape index (κ2) is 9.33. The van der Waals surface area contributed by atoms with Gasteiger partial charge >= 0.3 is 5.97 Å². The fraction of sp³-hybridized carbons (Fsp3) is 0.400. The number of nitrogens with zero attached hydrogens (tertiary/aromatic N) is 2. The highest BCUT2D eigenvalue weighted by Gasteiger charge is 2.40. The van der Waals surface area contributed by atoms with Crippen molar-refractivity contribution in [3.63, 3.8) is 0 Å². The maximum Gasteiger partial charge on any atom is 0.329 e. The molecule has 2 aliphatic rings. The van der Waals surface area contributed by atoms with Gasteiger partial charge in [0.25, 0.3) is 5.91 Å². The van der Waals surface area contributed by atoms with Crippen LogP contribution >= 0.6 is 0 Å². The fourth-order valence-electron chi connectivity index (χ4n) is 4.43. The Hall–Kier alpha value is -3.15. The molecular formula is C25H28N2O4. The quantitative estimate of drug-likeness (QED) is 0.532. The molecule has 2 fully saturated rings. The van der Waals surface area contributed by atoms with Crippen molar-refractivity contribution in [2.75, 3.05) is 13.7 Å². The molecule has 31 heavy (non-hydrogen) atoms. The molecule has 0 aromatic heterocycles. The number of esters is 1. The van der Waals surface area contributed by atoms with Crippen molar-refractivity contribution in [3.05, 3.63) is 59.7 Å². The molecule has 0 N–H and O–H groups in total. The number of carbonyl (C=O) groups excluding carboxylic acids is 2. The lowest BCUT2D eigenvalue weighted by molar-refractivity contribution is -0.153. The summed E-state index contributed by atoms with van der Waals surface area (Å²) in [5, 5.41) is 3.99. The average Bonchev–Trinajstić information content (AvgIpc) is 3.44. The highest BCUT2D eigenvalue weighted by Crippen LogP contribution is 2.27. The van der Waals surface area contributed by atoms with Gasteiger partial charge in [-0.25, -0.2) is 4.79 Å². The van der Waals surface area contributed by atoms with Crippen molar-refractivity contribution in [3.8, 4) is 11.1 Å². The average molecular weight is 421 g/mol. The fourth-order valence-corrected chi connectivity index (χ4v) is 4.43. The molecular weight excluding hydrogens is 392 g/mol. The van der Waals surface area contributed by atoms with Crippen molar-refractivity contribution in [1.29, 1.82) is 0 Å². The summed E-state index contributed by atoms with van der Waals surface area (Å²) in [6.07, 6.45) is 4.24. The first-order chi connectivity index (χ1) is 15.1. The Labute approximate surface area is 182 Å². The van der Waals surface area contributed by atoms with E-state index in [2.05, 4.69) is 24.2 Å². The maximum absolute atomic E-state index is 13.3. The Morgan fingerprint density at radius 1 is 1.03 bits per heavy atom. The van der Waals surface area contributed by atoms with E-state index in [1.807, 2.05) is 36.4 Å². The van der Waals surface area contributed by atoms with Crippen molar-refractivity contribution >= 4 is 17.6 Å². The SMILES string of the molecule is CON=C1C[C@@H](C(=O)OC2CCCC2)N(C(=O)c2ccc(-c3ccccc3C)cc2)C1. The molecule has 1 heterocycles. The number of carbonyl (C=O) groups is 2. The van der Waals surface area contributed by atoms with Gasteiger partial charge in [0.2, 0.25) is 0 Å². The summed E-state index contributed by atoms with van der Waals surface area (Å²) in [6, 6.07) is 15.0. The lowest BCUT2D eigenvalue weighted by Crippen LogP contribution is -2.42. The molecule has 0 spiro atoms. The highest BCUT2D eigenvalue weighted by atomic mass is 16.6. The lowest BCUT2D eigenvalue weighted by atomic mass is 9.99. The van der Waals surface area contributed by atoms with E-state index in [-0.39, 0.29) is 24.5 Å². The predicted molar refractivity (Wildman–Crippen MR) is 119 cm³/mol. The summed E-state index contributed by atoms with van der Waals surface area (Å²) in [6.45, 7) is 2.33. The first kappa shape index (κ1) is 21.1. The number of hydrogen-bond acceptors (Lipinski definition) is 5. The molecule has 1 aliphatic heterocycles. The molecule has 2 aromatic carbocycles. The van der Waals surface area contributed by atoms with Gasteiger partial charge < -0.3 is 14.5 Å². The zero-order valence-electron chi connectivity index (χ0n) is 18.0. The van der Waals surface area contributed by atoms with E-state index in [0.717, 1.165) is 36.8 Å². The van der Waals surface area contributed by atoms with Crippen LogP contribution in [0.25, 0.3) is 11.1 Å². The Kier molecular flexibility index (Phi) is 6.35. The zero-order chi connectivity index (χ0) is 21.8. The molecule has 6 heteroatoms. The summed E-state index contributed by atoms with van der Waals surface area (Å²) >= 11 is 0. The van der Waals surface area contributed by atoms with E-state index in [0.29, 0.717) is 17.7 Å². The molecule has 6 nitrogen and oxygen atoms in total. The summed E-state index contributed by atoms with van der Waals surface area (Å²) in [4.78, 5) is 32.6. The number of amides is 1. The van der Waals surface area contributed by atoms with Gasteiger partial charge in [0.1, 0.15) is 19.3 Å². The van der Waals surface area contributed by atoms with Gasteiger partial charge in [-0.3, -0.25) is 4.79 Å². The van der Waals surface area contributed by atoms with Crippen molar-refractivity contribution in [2.24, 2.45) is 5.16 Å². The first-order valence-corrected chi connectivity index (χ1v) is 10.8. The number of aryl methyl sites for hydroxylation is 1. The molecule has 1 amide bonds. The molecule has 1 saturated heterocycles. The second-order valence-electron chi connectivity index (χ2n) is 8.23. The van der Waals surface area contributed by atoms with Crippen LogP contribution in [-0.2, 0) is 14.4 Å². The Morgan fingerprint density at radius 3 is 2.42 bits per heavy atom. The van der Waals surface area contributed by atoms with Crippen LogP contribution in [0.4, 0.5) is 0 Å². The predicted octanol–water partition coefficient (Wildman–Crippen LogP) is 4.36. The third-order valence-electron chi connectivity index (χ3n) is 6.08. The van der Waals surface area contributed by atoms with Crippen molar-refractivity contribution in [1.82, 2.24) is 4.90 Å². The van der Waals surface area contributed by atoms with Crippen LogP contribution in [0, 0.1) is 6.92 Å². The molecule has 162 valence electrons. The lowest BCUT2D eigenvalue weighted by Gasteiger charge is -2.24. The third kappa shape index (κ3) is 4.63. The van der Waals surface area contributed by atoms with Gasteiger partial charge in [-0.15, -0.1) is 0 Å². The number of rotatable bonds is 5. The summed E-state index contributed by atoms with van der Waals surface area (Å²) < 4.78 is 5.70. The number of benzene rings is 2. The second-order valence-corrected chi connectivity index (χ2v) is 8.23. The molecule has 0 unspecified atom stereocenters. The van der Waals surface area contributed by atoms with E-state index in [1.54, 1.807) is 4.90 Å². The van der Waals surface area contributed by atoms with Crippen molar-refractivity contribution < 1.29 is 19.2 Å². The largest absolute Gasteiger partial charge is 0.461 e. The Balaban J connectivity index is 1.53. The van der Waals surface area contributed by atoms with Crippen LogP contribution < -0.4 is 0 Å². The zero-order valence-corrected chi connectivity index (χ0v) is 18.0. The van der Waals surface area contributed by atoms with Gasteiger partial charge in [-0.1, -0.05) is 41.6 Å². The number of ether oxygens (including phenoxy) is 1. The smallest absolute Gasteiger partial charge is 0.329 e. The Morgan fingerprint density at radius 2 is 1.74 bits per heavy atom. The molecule has 4 rings (SSSR count). The number of oxime groups is 1. The summed E-state index contributed by atoms with van der Waals surface area (Å²) in [7, 11) is 1.47. The minimum absolute atomic E-state index is 0.0405. The van der Waals surface area contributed by atoms with E-state index in [4.69, 9.17) is 9.57 Å². The Bertz CT molecular complexity index is 977. The molecule has 0 radical (unpaired) electrons. The van der Waals surface area contributed by atoms with Gasteiger partial charge in [-0.05, 0) is 61.4 Å².